The fourth-order valence-corrected chi connectivity index (χ4v) is 1.76. The van der Waals surface area contributed by atoms with Crippen LogP contribution in [0.3, 0.4) is 0 Å². The lowest BCUT2D eigenvalue weighted by Gasteiger charge is -1.99. The van der Waals surface area contributed by atoms with Gasteiger partial charge in [0.15, 0.2) is 6.29 Å². The van der Waals surface area contributed by atoms with Crippen LogP contribution < -0.4 is 0 Å². The lowest BCUT2D eigenvalue weighted by atomic mass is 10.1. The van der Waals surface area contributed by atoms with Crippen LogP contribution >= 0.6 is 0 Å². The Hall–Kier alpha value is -1.57. The Morgan fingerprint density at radius 2 is 2.23 bits per heavy atom. The number of aldehydes is 1. The van der Waals surface area contributed by atoms with E-state index in [9.17, 15) is 9.90 Å². The van der Waals surface area contributed by atoms with E-state index in [-0.39, 0.29) is 5.75 Å². The van der Waals surface area contributed by atoms with E-state index in [2.05, 4.69) is 0 Å². The molecule has 0 bridgehead atoms. The van der Waals surface area contributed by atoms with E-state index < -0.39 is 0 Å². The molecule has 0 amide bonds. The van der Waals surface area contributed by atoms with Crippen LogP contribution in [0.5, 0.6) is 5.75 Å². The predicted molar refractivity (Wildman–Crippen MR) is 50.5 cm³/mol. The molecule has 2 heteroatoms. The molecule has 0 aliphatic heterocycles. The van der Waals surface area contributed by atoms with Crippen molar-refractivity contribution in [1.82, 2.24) is 0 Å². The standard InChI is InChI=1S/C11H10O2/c1-7-4-8-5-9(13)2-3-10(8)11(7)6-12/h2-3,5-6,13H,4H2,1H3. The summed E-state index contributed by atoms with van der Waals surface area (Å²) in [5, 5.41) is 9.23. The Morgan fingerprint density at radius 3 is 2.92 bits per heavy atom. The minimum atomic E-state index is 0.263. The van der Waals surface area contributed by atoms with Crippen molar-refractivity contribution in [3.05, 3.63) is 34.9 Å². The summed E-state index contributed by atoms with van der Waals surface area (Å²) in [5.74, 6) is 0.263. The summed E-state index contributed by atoms with van der Waals surface area (Å²) < 4.78 is 0. The van der Waals surface area contributed by atoms with E-state index in [0.29, 0.717) is 0 Å². The number of phenols is 1. The van der Waals surface area contributed by atoms with Gasteiger partial charge in [-0.25, -0.2) is 0 Å². The maximum absolute atomic E-state index is 10.7. The summed E-state index contributed by atoms with van der Waals surface area (Å²) in [7, 11) is 0. The molecule has 2 nitrogen and oxygen atoms in total. The number of hydrogen-bond acceptors (Lipinski definition) is 2. The zero-order valence-corrected chi connectivity index (χ0v) is 7.37. The molecule has 0 heterocycles. The first-order valence-corrected chi connectivity index (χ1v) is 4.19. The molecule has 0 atom stereocenters. The van der Waals surface area contributed by atoms with Crippen molar-refractivity contribution < 1.29 is 9.90 Å². The number of aromatic hydroxyl groups is 1. The maximum Gasteiger partial charge on any atom is 0.150 e. The van der Waals surface area contributed by atoms with Gasteiger partial charge in [-0.05, 0) is 36.6 Å². The highest BCUT2D eigenvalue weighted by Crippen LogP contribution is 2.32. The highest BCUT2D eigenvalue weighted by Gasteiger charge is 2.17. The van der Waals surface area contributed by atoms with Gasteiger partial charge in [-0.2, -0.15) is 0 Å². The molecule has 2 rings (SSSR count). The third-order valence-corrected chi connectivity index (χ3v) is 2.41. The zero-order valence-electron chi connectivity index (χ0n) is 7.37. The first-order valence-electron chi connectivity index (χ1n) is 4.19. The average molecular weight is 174 g/mol. The lowest BCUT2D eigenvalue weighted by Crippen LogP contribution is -1.84. The summed E-state index contributed by atoms with van der Waals surface area (Å²) >= 11 is 0. The Labute approximate surface area is 76.5 Å². The fraction of sp³-hybridized carbons (Fsp3) is 0.182. The molecule has 0 spiro atoms. The third kappa shape index (κ3) is 1.15. The third-order valence-electron chi connectivity index (χ3n) is 2.41. The summed E-state index contributed by atoms with van der Waals surface area (Å²) in [6.45, 7) is 1.95. The van der Waals surface area contributed by atoms with Gasteiger partial charge in [-0.3, -0.25) is 4.79 Å². The van der Waals surface area contributed by atoms with Gasteiger partial charge in [0.1, 0.15) is 5.75 Å². The van der Waals surface area contributed by atoms with Crippen molar-refractivity contribution >= 4 is 11.9 Å². The normalized spacial score (nSPS) is 14.5. The van der Waals surface area contributed by atoms with Crippen molar-refractivity contribution in [2.75, 3.05) is 0 Å². The van der Waals surface area contributed by atoms with E-state index in [1.54, 1.807) is 18.2 Å². The molecule has 0 unspecified atom stereocenters. The van der Waals surface area contributed by atoms with E-state index in [4.69, 9.17) is 0 Å². The number of carbonyl (C=O) groups is 1. The van der Waals surface area contributed by atoms with Gasteiger partial charge >= 0.3 is 0 Å². The van der Waals surface area contributed by atoms with Crippen molar-refractivity contribution in [3.63, 3.8) is 0 Å². The lowest BCUT2D eigenvalue weighted by molar-refractivity contribution is -0.103. The largest absolute Gasteiger partial charge is 0.508 e. The molecule has 0 fully saturated rings. The van der Waals surface area contributed by atoms with Gasteiger partial charge in [0.25, 0.3) is 0 Å². The molecule has 66 valence electrons. The van der Waals surface area contributed by atoms with E-state index in [0.717, 1.165) is 35.0 Å². The van der Waals surface area contributed by atoms with Crippen LogP contribution in [0.1, 0.15) is 18.1 Å². The molecule has 1 N–H and O–H groups in total. The van der Waals surface area contributed by atoms with Crippen LogP contribution in [0.15, 0.2) is 23.8 Å². The van der Waals surface area contributed by atoms with Gasteiger partial charge in [-0.15, -0.1) is 0 Å². The molecule has 13 heavy (non-hydrogen) atoms. The second-order valence-corrected chi connectivity index (χ2v) is 3.33. The summed E-state index contributed by atoms with van der Waals surface area (Å²) in [6, 6.07) is 5.13. The van der Waals surface area contributed by atoms with E-state index in [1.165, 1.54) is 0 Å². The molecule has 0 radical (unpaired) electrons. The first kappa shape index (κ1) is 8.05. The second kappa shape index (κ2) is 2.73. The molecular formula is C11H10O2. The number of carbonyl (C=O) groups excluding carboxylic acids is 1. The summed E-state index contributed by atoms with van der Waals surface area (Å²) in [5.41, 5.74) is 3.86. The summed E-state index contributed by atoms with van der Waals surface area (Å²) in [6.07, 6.45) is 1.66. The van der Waals surface area contributed by atoms with Gasteiger partial charge < -0.3 is 5.11 Å². The topological polar surface area (TPSA) is 37.3 Å². The highest BCUT2D eigenvalue weighted by atomic mass is 16.3. The Balaban J connectivity index is 2.58. The Morgan fingerprint density at radius 1 is 1.46 bits per heavy atom. The molecule has 1 aliphatic carbocycles. The zero-order chi connectivity index (χ0) is 9.42. The van der Waals surface area contributed by atoms with Crippen molar-refractivity contribution in [2.24, 2.45) is 0 Å². The van der Waals surface area contributed by atoms with E-state index >= 15 is 0 Å². The molecule has 0 saturated carbocycles. The number of allylic oxidation sites excluding steroid dienone is 2. The molecule has 0 saturated heterocycles. The van der Waals surface area contributed by atoms with Crippen molar-refractivity contribution in [2.45, 2.75) is 13.3 Å². The fourth-order valence-electron chi connectivity index (χ4n) is 1.76. The van der Waals surface area contributed by atoms with Crippen LogP contribution in [0, 0.1) is 0 Å². The van der Waals surface area contributed by atoms with E-state index in [1.807, 2.05) is 6.92 Å². The average Bonchev–Trinajstić information content (AvgIpc) is 2.39. The molecular weight excluding hydrogens is 164 g/mol. The Kier molecular flexibility index (Phi) is 1.69. The van der Waals surface area contributed by atoms with Gasteiger partial charge in [0.05, 0.1) is 0 Å². The monoisotopic (exact) mass is 174 g/mol. The second-order valence-electron chi connectivity index (χ2n) is 3.33. The highest BCUT2D eigenvalue weighted by molar-refractivity contribution is 6.10. The van der Waals surface area contributed by atoms with Crippen molar-refractivity contribution in [3.8, 4) is 5.75 Å². The van der Waals surface area contributed by atoms with Crippen LogP contribution in [0.2, 0.25) is 0 Å². The van der Waals surface area contributed by atoms with Gasteiger partial charge in [0, 0.05) is 5.57 Å². The number of rotatable bonds is 1. The van der Waals surface area contributed by atoms with Crippen LogP contribution in [-0.4, -0.2) is 11.4 Å². The molecule has 1 aromatic rings. The van der Waals surface area contributed by atoms with Crippen LogP contribution in [0.25, 0.3) is 5.57 Å². The van der Waals surface area contributed by atoms with Gasteiger partial charge in [-0.1, -0.05) is 11.6 Å². The predicted octanol–water partition coefficient (Wildman–Crippen LogP) is 1.92. The Bertz CT molecular complexity index is 403. The summed E-state index contributed by atoms with van der Waals surface area (Å²) in [4.78, 5) is 10.7. The molecule has 1 aliphatic rings. The number of fused-ring (bicyclic) bond motifs is 1. The number of hydrogen-bond donors (Lipinski definition) is 1. The van der Waals surface area contributed by atoms with Crippen molar-refractivity contribution in [1.29, 1.82) is 0 Å². The molecule has 1 aromatic carbocycles. The smallest absolute Gasteiger partial charge is 0.150 e. The number of benzene rings is 1. The van der Waals surface area contributed by atoms with Crippen LogP contribution in [0.4, 0.5) is 0 Å². The minimum Gasteiger partial charge on any atom is -0.508 e. The quantitative estimate of drug-likeness (QED) is 0.660. The van der Waals surface area contributed by atoms with Gasteiger partial charge in [0.2, 0.25) is 0 Å². The van der Waals surface area contributed by atoms with Crippen LogP contribution in [-0.2, 0) is 11.2 Å². The SMILES string of the molecule is CC1=C(C=O)c2ccc(O)cc2C1. The maximum atomic E-state index is 10.7. The molecule has 0 aromatic heterocycles. The number of phenolic OH excluding ortho intramolecular Hbond substituents is 1. The minimum absolute atomic E-state index is 0.263. The first-order chi connectivity index (χ1) is 6.22.